The minimum Gasteiger partial charge on any atom is -0.480 e. The molecule has 0 aliphatic carbocycles. The van der Waals surface area contributed by atoms with Crippen LogP contribution >= 0.6 is 11.6 Å². The number of aromatic nitrogens is 1. The molecule has 1 aliphatic rings. The summed E-state index contributed by atoms with van der Waals surface area (Å²) in [6.45, 7) is 2.20. The van der Waals surface area contributed by atoms with Crippen LogP contribution in [-0.2, 0) is 9.84 Å². The van der Waals surface area contributed by atoms with Crippen molar-refractivity contribution in [2.45, 2.75) is 24.1 Å². The van der Waals surface area contributed by atoms with Gasteiger partial charge in [-0.05, 0) is 55.5 Å². The normalized spacial score (nSPS) is 15.7. The number of hydrogen-bond donors (Lipinski definition) is 0. The van der Waals surface area contributed by atoms with E-state index in [0.29, 0.717) is 18.1 Å². The van der Waals surface area contributed by atoms with Crippen molar-refractivity contribution in [3.8, 4) is 5.75 Å². The number of carbonyl (C=O) groups excluding carboxylic acids is 1. The van der Waals surface area contributed by atoms with Crippen LogP contribution in [0.4, 0.5) is 19.0 Å². The number of anilines is 1. The second-order valence-corrected chi connectivity index (χ2v) is 11.0. The molecule has 3 aromatic rings. The zero-order chi connectivity index (χ0) is 26.3. The quantitative estimate of drug-likeness (QED) is 0.470. The highest BCUT2D eigenvalue weighted by Crippen LogP contribution is 2.30. The first-order valence-electron chi connectivity index (χ1n) is 11.0. The molecule has 2 heterocycles. The zero-order valence-electron chi connectivity index (χ0n) is 19.4. The molecule has 0 bridgehead atoms. The van der Waals surface area contributed by atoms with E-state index >= 15 is 0 Å². The van der Waals surface area contributed by atoms with Gasteiger partial charge in [0.1, 0.15) is 11.6 Å². The molecule has 0 spiro atoms. The van der Waals surface area contributed by atoms with Crippen LogP contribution in [0.5, 0.6) is 5.75 Å². The number of amides is 1. The molecule has 1 fully saturated rings. The molecule has 1 aromatic heterocycles. The SMILES string of the molecule is CC(Oc1ccc(S(C)(=O)=O)cc1C(=O)N1CCN(c2ccc3cc(Cl)ccc3n2)CC1)C(F)(F)F. The van der Waals surface area contributed by atoms with Crippen molar-refractivity contribution in [2.75, 3.05) is 37.3 Å². The van der Waals surface area contributed by atoms with Gasteiger partial charge in [-0.15, -0.1) is 0 Å². The highest BCUT2D eigenvalue weighted by atomic mass is 35.5. The summed E-state index contributed by atoms with van der Waals surface area (Å²) in [6.07, 6.45) is -5.88. The lowest BCUT2D eigenvalue weighted by Gasteiger charge is -2.36. The average molecular weight is 542 g/mol. The fourth-order valence-electron chi connectivity index (χ4n) is 3.84. The Labute approximate surface area is 211 Å². The number of alkyl halides is 3. The lowest BCUT2D eigenvalue weighted by atomic mass is 10.1. The first kappa shape index (κ1) is 26.0. The van der Waals surface area contributed by atoms with Gasteiger partial charge in [-0.2, -0.15) is 13.2 Å². The number of nitrogens with zero attached hydrogens (tertiary/aromatic N) is 3. The summed E-state index contributed by atoms with van der Waals surface area (Å²) in [4.78, 5) is 21.2. The third-order valence-electron chi connectivity index (χ3n) is 5.90. The van der Waals surface area contributed by atoms with Crippen LogP contribution < -0.4 is 9.64 Å². The minimum absolute atomic E-state index is 0.183. The fraction of sp³-hybridized carbons (Fsp3) is 0.333. The molecule has 0 N–H and O–H groups in total. The van der Waals surface area contributed by atoms with Gasteiger partial charge in [0.05, 0.1) is 16.0 Å². The Morgan fingerprint density at radius 3 is 2.39 bits per heavy atom. The third kappa shape index (κ3) is 5.67. The van der Waals surface area contributed by atoms with Gasteiger partial charge in [0.25, 0.3) is 5.91 Å². The number of rotatable bonds is 5. The summed E-state index contributed by atoms with van der Waals surface area (Å²) in [5.74, 6) is -0.209. The highest BCUT2D eigenvalue weighted by Gasteiger charge is 2.39. The van der Waals surface area contributed by atoms with Gasteiger partial charge in [-0.1, -0.05) is 11.6 Å². The van der Waals surface area contributed by atoms with E-state index in [1.165, 1.54) is 4.90 Å². The predicted octanol–water partition coefficient (Wildman–Crippen LogP) is 4.58. The van der Waals surface area contributed by atoms with Crippen molar-refractivity contribution in [1.29, 1.82) is 0 Å². The maximum atomic E-state index is 13.3. The highest BCUT2D eigenvalue weighted by molar-refractivity contribution is 7.90. The van der Waals surface area contributed by atoms with Gasteiger partial charge in [0.15, 0.2) is 15.9 Å². The van der Waals surface area contributed by atoms with E-state index < -0.39 is 28.0 Å². The Morgan fingerprint density at radius 1 is 1.06 bits per heavy atom. The van der Waals surface area contributed by atoms with Crippen LogP contribution in [0.2, 0.25) is 5.02 Å². The second-order valence-electron chi connectivity index (χ2n) is 8.52. The van der Waals surface area contributed by atoms with E-state index in [1.807, 2.05) is 29.2 Å². The third-order valence-corrected chi connectivity index (χ3v) is 7.25. The van der Waals surface area contributed by atoms with E-state index in [1.54, 1.807) is 6.07 Å². The molecule has 192 valence electrons. The summed E-state index contributed by atoms with van der Waals surface area (Å²) in [7, 11) is -3.70. The van der Waals surface area contributed by atoms with E-state index in [0.717, 1.165) is 48.1 Å². The second kappa shape index (κ2) is 9.78. The number of ether oxygens (including phenoxy) is 1. The van der Waals surface area contributed by atoms with Crippen LogP contribution in [0.15, 0.2) is 53.4 Å². The molecule has 36 heavy (non-hydrogen) atoms. The Morgan fingerprint density at radius 2 is 1.75 bits per heavy atom. The smallest absolute Gasteiger partial charge is 0.425 e. The Bertz CT molecular complexity index is 1410. The summed E-state index contributed by atoms with van der Waals surface area (Å²) in [6, 6.07) is 12.4. The minimum atomic E-state index is -4.65. The zero-order valence-corrected chi connectivity index (χ0v) is 21.0. The van der Waals surface area contributed by atoms with Crippen LogP contribution in [0, 0.1) is 0 Å². The van der Waals surface area contributed by atoms with Gasteiger partial charge >= 0.3 is 6.18 Å². The maximum absolute atomic E-state index is 13.3. The maximum Gasteiger partial charge on any atom is 0.425 e. The molecule has 4 rings (SSSR count). The Hall–Kier alpha value is -3.05. The lowest BCUT2D eigenvalue weighted by molar-refractivity contribution is -0.189. The predicted molar refractivity (Wildman–Crippen MR) is 131 cm³/mol. The largest absolute Gasteiger partial charge is 0.480 e. The summed E-state index contributed by atoms with van der Waals surface area (Å²) < 4.78 is 68.3. The molecule has 2 aromatic carbocycles. The molecule has 7 nitrogen and oxygen atoms in total. The molecule has 1 unspecified atom stereocenters. The number of hydrogen-bond acceptors (Lipinski definition) is 6. The first-order chi connectivity index (χ1) is 16.8. The van der Waals surface area contributed by atoms with Crippen molar-refractivity contribution in [3.05, 3.63) is 59.1 Å². The van der Waals surface area contributed by atoms with Crippen LogP contribution in [-0.4, -0.2) is 68.9 Å². The van der Waals surface area contributed by atoms with E-state index in [2.05, 4.69) is 4.98 Å². The number of fused-ring (bicyclic) bond motifs is 1. The van der Waals surface area contributed by atoms with E-state index in [9.17, 15) is 26.4 Å². The molecule has 0 saturated carbocycles. The molecular formula is C24H23ClF3N3O4S. The summed E-state index contributed by atoms with van der Waals surface area (Å²) >= 11 is 6.03. The summed E-state index contributed by atoms with van der Waals surface area (Å²) in [5, 5.41) is 1.50. The van der Waals surface area contributed by atoms with Gasteiger partial charge in [0.2, 0.25) is 0 Å². The number of sulfone groups is 1. The number of pyridine rings is 1. The topological polar surface area (TPSA) is 79.8 Å². The summed E-state index contributed by atoms with van der Waals surface area (Å²) in [5.41, 5.74) is 0.539. The van der Waals surface area contributed by atoms with Crippen LogP contribution in [0.3, 0.4) is 0 Å². The number of benzene rings is 2. The number of halogens is 4. The number of piperazine rings is 1. The molecular weight excluding hydrogens is 519 g/mol. The molecule has 12 heteroatoms. The monoisotopic (exact) mass is 541 g/mol. The molecule has 0 radical (unpaired) electrons. The van der Waals surface area contributed by atoms with Gasteiger partial charge < -0.3 is 14.5 Å². The van der Waals surface area contributed by atoms with Crippen molar-refractivity contribution < 1.29 is 31.1 Å². The standard InChI is InChI=1S/C24H23ClF3N3O4S/c1-15(24(26,27)28)35-21-7-5-18(36(2,33)34)14-19(21)23(32)31-11-9-30(10-12-31)22-8-3-16-13-17(25)4-6-20(16)29-22/h3-8,13-15H,9-12H2,1-2H3. The lowest BCUT2D eigenvalue weighted by Crippen LogP contribution is -2.49. The Balaban J connectivity index is 1.54. The molecule has 1 aliphatic heterocycles. The number of carbonyl (C=O) groups is 1. The van der Waals surface area contributed by atoms with Gasteiger partial charge in [0, 0.05) is 42.8 Å². The molecule has 1 saturated heterocycles. The fourth-order valence-corrected chi connectivity index (χ4v) is 4.67. The van der Waals surface area contributed by atoms with Crippen molar-refractivity contribution in [2.24, 2.45) is 0 Å². The first-order valence-corrected chi connectivity index (χ1v) is 13.3. The van der Waals surface area contributed by atoms with Crippen molar-refractivity contribution >= 4 is 44.1 Å². The van der Waals surface area contributed by atoms with Crippen LogP contribution in [0.25, 0.3) is 10.9 Å². The van der Waals surface area contributed by atoms with Gasteiger partial charge in [-0.3, -0.25) is 4.79 Å². The average Bonchev–Trinajstić information content (AvgIpc) is 2.82. The van der Waals surface area contributed by atoms with Gasteiger partial charge in [-0.25, -0.2) is 13.4 Å². The van der Waals surface area contributed by atoms with E-state index in [-0.39, 0.29) is 29.3 Å². The molecule has 1 atom stereocenters. The Kier molecular flexibility index (Phi) is 7.07. The van der Waals surface area contributed by atoms with E-state index in [4.69, 9.17) is 16.3 Å². The van der Waals surface area contributed by atoms with Crippen LogP contribution in [0.1, 0.15) is 17.3 Å². The van der Waals surface area contributed by atoms with Crippen molar-refractivity contribution in [3.63, 3.8) is 0 Å². The van der Waals surface area contributed by atoms with Crippen molar-refractivity contribution in [1.82, 2.24) is 9.88 Å². The molecule has 1 amide bonds.